The van der Waals surface area contributed by atoms with E-state index < -0.39 is 8.07 Å². The highest BCUT2D eigenvalue weighted by atomic mass is 32.1. The van der Waals surface area contributed by atoms with Crippen LogP contribution in [0.4, 0.5) is 0 Å². The largest absolute Gasteiger partial charge is 0.455 e. The summed E-state index contributed by atoms with van der Waals surface area (Å²) in [7, 11) is -3.04. The first-order valence-electron chi connectivity index (χ1n) is 24.3. The van der Waals surface area contributed by atoms with Crippen LogP contribution in [0, 0.1) is 0 Å². The Morgan fingerprint density at radius 3 is 1.69 bits per heavy atom. The molecule has 0 aliphatic heterocycles. The van der Waals surface area contributed by atoms with Crippen LogP contribution in [0.1, 0.15) is 0 Å². The highest BCUT2D eigenvalue weighted by Crippen LogP contribution is 2.42. The molecular formula is C66H42N2OSSi. The normalized spacial score (nSPS) is 12.2. The number of furan rings is 1. The maximum absolute atomic E-state index is 6.64. The van der Waals surface area contributed by atoms with E-state index in [4.69, 9.17) is 4.42 Å². The Kier molecular flexibility index (Phi) is 8.85. The average Bonchev–Trinajstić information content (AvgIpc) is 4.20. The first-order chi connectivity index (χ1) is 35.2. The Bertz CT molecular complexity index is 4540. The third-order valence-electron chi connectivity index (χ3n) is 15.0. The predicted molar refractivity (Wildman–Crippen MR) is 304 cm³/mol. The third kappa shape index (κ3) is 5.88. The van der Waals surface area contributed by atoms with Crippen LogP contribution >= 0.6 is 11.3 Å². The molecule has 332 valence electrons. The quantitative estimate of drug-likeness (QED) is 0.115. The summed E-state index contributed by atoms with van der Waals surface area (Å²) < 4.78 is 14.2. The van der Waals surface area contributed by atoms with Crippen molar-refractivity contribution in [1.82, 2.24) is 9.13 Å². The molecule has 0 saturated heterocycles. The highest BCUT2D eigenvalue weighted by Gasteiger charge is 2.43. The molecule has 4 heterocycles. The van der Waals surface area contributed by atoms with Gasteiger partial charge in [-0.1, -0.05) is 188 Å². The lowest BCUT2D eigenvalue weighted by atomic mass is 10.0. The van der Waals surface area contributed by atoms with Gasteiger partial charge in [0, 0.05) is 69.4 Å². The van der Waals surface area contributed by atoms with Crippen molar-refractivity contribution in [2.45, 2.75) is 0 Å². The summed E-state index contributed by atoms with van der Waals surface area (Å²) in [6.07, 6.45) is 0. The summed E-state index contributed by atoms with van der Waals surface area (Å²) in [5, 5.41) is 15.3. The molecule has 0 aliphatic rings. The highest BCUT2D eigenvalue weighted by molar-refractivity contribution is 7.26. The summed E-state index contributed by atoms with van der Waals surface area (Å²) in [6.45, 7) is 0. The molecule has 15 rings (SSSR count). The summed E-state index contributed by atoms with van der Waals surface area (Å²) >= 11 is 1.88. The zero-order valence-corrected chi connectivity index (χ0v) is 40.3. The molecule has 0 unspecified atom stereocenters. The molecule has 15 aromatic rings. The summed E-state index contributed by atoms with van der Waals surface area (Å²) in [5.41, 5.74) is 10.9. The van der Waals surface area contributed by atoms with Crippen molar-refractivity contribution in [1.29, 1.82) is 0 Å². The number of fused-ring (bicyclic) bond motifs is 12. The lowest BCUT2D eigenvalue weighted by molar-refractivity contribution is 0.670. The van der Waals surface area contributed by atoms with Crippen LogP contribution in [0.3, 0.4) is 0 Å². The van der Waals surface area contributed by atoms with Crippen molar-refractivity contribution in [3.8, 4) is 22.5 Å². The average molecular weight is 939 g/mol. The Labute approximate surface area is 414 Å². The predicted octanol–water partition coefficient (Wildman–Crippen LogP) is 15.2. The van der Waals surface area contributed by atoms with Crippen LogP contribution in [0.15, 0.2) is 259 Å². The minimum Gasteiger partial charge on any atom is -0.455 e. The molecule has 0 amide bonds. The van der Waals surface area contributed by atoms with E-state index in [1.165, 1.54) is 73.5 Å². The van der Waals surface area contributed by atoms with Gasteiger partial charge < -0.3 is 13.6 Å². The van der Waals surface area contributed by atoms with Gasteiger partial charge in [-0.25, -0.2) is 0 Å². The second kappa shape index (κ2) is 15.6. The smallest absolute Gasteiger partial charge is 0.180 e. The monoisotopic (exact) mass is 938 g/mol. The van der Waals surface area contributed by atoms with Crippen molar-refractivity contribution in [3.05, 3.63) is 255 Å². The van der Waals surface area contributed by atoms with Gasteiger partial charge in [-0.2, -0.15) is 0 Å². The molecule has 0 radical (unpaired) electrons. The van der Waals surface area contributed by atoms with E-state index in [1.54, 1.807) is 0 Å². The third-order valence-corrected chi connectivity index (χ3v) is 21.0. The molecule has 0 atom stereocenters. The fourth-order valence-electron chi connectivity index (χ4n) is 12.1. The Balaban J connectivity index is 1.000. The van der Waals surface area contributed by atoms with Crippen molar-refractivity contribution in [2.24, 2.45) is 0 Å². The van der Waals surface area contributed by atoms with Crippen LogP contribution in [0.5, 0.6) is 0 Å². The first-order valence-corrected chi connectivity index (χ1v) is 27.1. The molecule has 3 nitrogen and oxygen atoms in total. The number of nitrogens with zero attached hydrogens (tertiary/aromatic N) is 2. The summed E-state index contributed by atoms with van der Waals surface area (Å²) in [4.78, 5) is 0. The van der Waals surface area contributed by atoms with E-state index in [2.05, 4.69) is 258 Å². The van der Waals surface area contributed by atoms with E-state index in [0.717, 1.165) is 55.5 Å². The number of para-hydroxylation sites is 3. The number of aromatic nitrogens is 2. The maximum Gasteiger partial charge on any atom is 0.180 e. The van der Waals surface area contributed by atoms with Crippen molar-refractivity contribution in [3.63, 3.8) is 0 Å². The van der Waals surface area contributed by atoms with Gasteiger partial charge >= 0.3 is 0 Å². The molecule has 0 saturated carbocycles. The van der Waals surface area contributed by atoms with Gasteiger partial charge in [-0.15, -0.1) is 11.3 Å². The molecule has 11 aromatic carbocycles. The van der Waals surface area contributed by atoms with Crippen LogP contribution < -0.4 is 20.7 Å². The van der Waals surface area contributed by atoms with Gasteiger partial charge in [-0.3, -0.25) is 0 Å². The zero-order chi connectivity index (χ0) is 46.6. The van der Waals surface area contributed by atoms with Gasteiger partial charge in [0.25, 0.3) is 0 Å². The minimum atomic E-state index is -3.04. The van der Waals surface area contributed by atoms with E-state index >= 15 is 0 Å². The van der Waals surface area contributed by atoms with Crippen LogP contribution in [0.2, 0.25) is 0 Å². The fraction of sp³-hybridized carbons (Fsp3) is 0. The second-order valence-corrected chi connectivity index (χ2v) is 23.6. The molecule has 71 heavy (non-hydrogen) atoms. The number of hydrogen-bond acceptors (Lipinski definition) is 2. The topological polar surface area (TPSA) is 23.0 Å². The van der Waals surface area contributed by atoms with Crippen molar-refractivity contribution in [2.75, 3.05) is 0 Å². The van der Waals surface area contributed by atoms with Crippen LogP contribution in [-0.2, 0) is 0 Å². The maximum atomic E-state index is 6.64. The van der Waals surface area contributed by atoms with Crippen molar-refractivity contribution < 1.29 is 4.42 Å². The molecule has 5 heteroatoms. The lowest BCUT2D eigenvalue weighted by Gasteiger charge is -2.35. The number of benzene rings is 11. The number of hydrogen-bond donors (Lipinski definition) is 0. The molecule has 0 aliphatic carbocycles. The van der Waals surface area contributed by atoms with Crippen molar-refractivity contribution >= 4 is 126 Å². The van der Waals surface area contributed by atoms with Gasteiger partial charge in [0.1, 0.15) is 11.2 Å². The Hall–Kier alpha value is -8.74. The van der Waals surface area contributed by atoms with E-state index in [-0.39, 0.29) is 0 Å². The molecule has 0 fully saturated rings. The molecule has 0 spiro atoms. The van der Waals surface area contributed by atoms with Crippen LogP contribution in [0.25, 0.3) is 108 Å². The summed E-state index contributed by atoms with van der Waals surface area (Å²) in [5.74, 6) is 0. The number of thiophene rings is 1. The molecule has 0 N–H and O–H groups in total. The van der Waals surface area contributed by atoms with Gasteiger partial charge in [0.2, 0.25) is 0 Å². The second-order valence-electron chi connectivity index (χ2n) is 18.7. The first kappa shape index (κ1) is 40.2. The standard InChI is InChI=1S/C66H42N2OSSi/c1-4-19-43(20-5-1)53-40-45(41-56-50-26-12-16-32-61(50)69-66(53)56)68-57-29-14-10-25-49(57)54-39-44(35-37-59(54)68)67-58-30-15-11-28-52(58)65-60(67)31-18-34-64(65)71(46-21-6-2-7-22-46,47-23-8-3-9-24-47)48-36-38-63-55(42-48)51-27-13-17-33-62(51)70-63/h1-42H. The number of rotatable bonds is 7. The Morgan fingerprint density at radius 1 is 0.338 bits per heavy atom. The van der Waals surface area contributed by atoms with E-state index in [9.17, 15) is 0 Å². The van der Waals surface area contributed by atoms with Gasteiger partial charge in [0.15, 0.2) is 8.07 Å². The Morgan fingerprint density at radius 2 is 0.915 bits per heavy atom. The van der Waals surface area contributed by atoms with Crippen LogP contribution in [-0.4, -0.2) is 17.2 Å². The van der Waals surface area contributed by atoms with Gasteiger partial charge in [-0.05, 0) is 93.0 Å². The molecule has 0 bridgehead atoms. The van der Waals surface area contributed by atoms with E-state index in [0.29, 0.717) is 0 Å². The zero-order valence-electron chi connectivity index (χ0n) is 38.5. The lowest BCUT2D eigenvalue weighted by Crippen LogP contribution is -2.74. The van der Waals surface area contributed by atoms with E-state index in [1.807, 2.05) is 17.4 Å². The van der Waals surface area contributed by atoms with Gasteiger partial charge in [0.05, 0.1) is 22.1 Å². The fourth-order valence-corrected chi connectivity index (χ4v) is 18.1. The molecular weight excluding hydrogens is 897 g/mol. The molecule has 4 aromatic heterocycles. The minimum absolute atomic E-state index is 0.891. The summed E-state index contributed by atoms with van der Waals surface area (Å²) in [6, 6.07) is 94.7. The SMILES string of the molecule is c1ccc(-c2cc(-n3c4ccccc4c4cc(-n5c6ccccc6c6c([Si](c7ccccc7)(c7ccccc7)c7ccc8sc9ccccc9c8c7)cccc65)ccc43)cc3c2oc2ccccc23)cc1.